The Labute approximate surface area is 124 Å². The maximum Gasteiger partial charge on any atom is 0.242 e. The molecule has 0 aromatic carbocycles. The van der Waals surface area contributed by atoms with Crippen molar-refractivity contribution in [1.29, 1.82) is 0 Å². The number of carbonyl (C=O) groups is 1. The molecule has 0 aliphatic carbocycles. The highest BCUT2D eigenvalue weighted by atomic mass is 16.1. The summed E-state index contributed by atoms with van der Waals surface area (Å²) in [7, 11) is 0. The van der Waals surface area contributed by atoms with Gasteiger partial charge >= 0.3 is 0 Å². The number of aromatic nitrogens is 3. The summed E-state index contributed by atoms with van der Waals surface area (Å²) < 4.78 is 0. The molecule has 0 unspecified atom stereocenters. The summed E-state index contributed by atoms with van der Waals surface area (Å²) in [5.41, 5.74) is 4.45. The van der Waals surface area contributed by atoms with Crippen LogP contribution in [-0.2, 0) is 4.79 Å². The lowest BCUT2D eigenvalue weighted by Gasteiger charge is -2.23. The molecule has 1 aliphatic heterocycles. The van der Waals surface area contributed by atoms with Crippen molar-refractivity contribution >= 4 is 23.8 Å². The van der Waals surface area contributed by atoms with Gasteiger partial charge in [-0.05, 0) is 33.6 Å². The van der Waals surface area contributed by atoms with Gasteiger partial charge in [-0.15, -0.1) is 0 Å². The number of primary amides is 1. The number of hydrogen-bond donors (Lipinski definition) is 3. The minimum atomic E-state index is -0.923. The molecular formula is C13H23N7O. The molecule has 4 N–H and O–H groups in total. The summed E-state index contributed by atoms with van der Waals surface area (Å²) >= 11 is 0. The van der Waals surface area contributed by atoms with Crippen LogP contribution in [0.1, 0.15) is 33.6 Å². The lowest BCUT2D eigenvalue weighted by atomic mass is 10.1. The van der Waals surface area contributed by atoms with Crippen molar-refractivity contribution in [3.8, 4) is 0 Å². The van der Waals surface area contributed by atoms with E-state index < -0.39 is 11.4 Å². The number of hydrogen-bond acceptors (Lipinski definition) is 7. The topological polar surface area (TPSA) is 109 Å². The van der Waals surface area contributed by atoms with Crippen molar-refractivity contribution in [3.05, 3.63) is 0 Å². The quantitative estimate of drug-likeness (QED) is 0.703. The molecule has 1 fully saturated rings. The second kappa shape index (κ2) is 6.11. The normalized spacial score (nSPS) is 15.1. The Bertz CT molecular complexity index is 511. The zero-order chi connectivity index (χ0) is 15.5. The first-order valence-electron chi connectivity index (χ1n) is 7.25. The number of rotatable bonds is 6. The van der Waals surface area contributed by atoms with Crippen LogP contribution in [0.5, 0.6) is 0 Å². The first kappa shape index (κ1) is 15.3. The maximum absolute atomic E-state index is 11.4. The minimum absolute atomic E-state index is 0.353. The van der Waals surface area contributed by atoms with Crippen LogP contribution in [0, 0.1) is 0 Å². The molecule has 1 aliphatic rings. The third kappa shape index (κ3) is 3.71. The fraction of sp³-hybridized carbons (Fsp3) is 0.692. The van der Waals surface area contributed by atoms with Crippen molar-refractivity contribution < 1.29 is 4.79 Å². The molecule has 21 heavy (non-hydrogen) atoms. The lowest BCUT2D eigenvalue weighted by molar-refractivity contribution is -0.121. The van der Waals surface area contributed by atoms with Gasteiger partial charge in [0.25, 0.3) is 0 Å². The fourth-order valence-electron chi connectivity index (χ4n) is 2.06. The molecule has 1 aromatic heterocycles. The molecule has 116 valence electrons. The molecule has 8 heteroatoms. The zero-order valence-corrected chi connectivity index (χ0v) is 12.8. The van der Waals surface area contributed by atoms with Gasteiger partial charge in [-0.25, -0.2) is 0 Å². The van der Waals surface area contributed by atoms with Crippen LogP contribution in [0.25, 0.3) is 0 Å². The molecule has 1 amide bonds. The minimum Gasteiger partial charge on any atom is -0.368 e. The van der Waals surface area contributed by atoms with Crippen molar-refractivity contribution in [1.82, 2.24) is 15.0 Å². The Balaban J connectivity index is 2.28. The lowest BCUT2D eigenvalue weighted by Crippen LogP contribution is -2.45. The van der Waals surface area contributed by atoms with Gasteiger partial charge in [0.2, 0.25) is 23.8 Å². The van der Waals surface area contributed by atoms with Gasteiger partial charge in [0, 0.05) is 19.6 Å². The molecule has 0 bridgehead atoms. The SMILES string of the molecule is CCNc1nc(NC(C)(C)C(N)=O)nc(N2CCCC2)n1. The van der Waals surface area contributed by atoms with Crippen LogP contribution >= 0.6 is 0 Å². The summed E-state index contributed by atoms with van der Waals surface area (Å²) in [6, 6.07) is 0. The van der Waals surface area contributed by atoms with E-state index in [9.17, 15) is 4.79 Å². The highest BCUT2D eigenvalue weighted by Gasteiger charge is 2.26. The summed E-state index contributed by atoms with van der Waals surface area (Å²) in [4.78, 5) is 26.7. The van der Waals surface area contributed by atoms with Crippen LogP contribution in [0.4, 0.5) is 17.8 Å². The average Bonchev–Trinajstić information content (AvgIpc) is 2.92. The van der Waals surface area contributed by atoms with E-state index in [2.05, 4.69) is 30.5 Å². The van der Waals surface area contributed by atoms with E-state index >= 15 is 0 Å². The highest BCUT2D eigenvalue weighted by Crippen LogP contribution is 2.20. The second-order valence-electron chi connectivity index (χ2n) is 5.62. The molecule has 1 saturated heterocycles. The number of amides is 1. The first-order valence-corrected chi connectivity index (χ1v) is 7.25. The van der Waals surface area contributed by atoms with Crippen molar-refractivity contribution in [2.45, 2.75) is 39.2 Å². The Kier molecular flexibility index (Phi) is 4.44. The van der Waals surface area contributed by atoms with E-state index in [1.807, 2.05) is 6.92 Å². The maximum atomic E-state index is 11.4. The van der Waals surface area contributed by atoms with Gasteiger partial charge in [0.15, 0.2) is 0 Å². The van der Waals surface area contributed by atoms with Crippen LogP contribution in [0.3, 0.4) is 0 Å². The van der Waals surface area contributed by atoms with Crippen LogP contribution in [-0.4, -0.2) is 46.0 Å². The van der Waals surface area contributed by atoms with Crippen molar-refractivity contribution in [3.63, 3.8) is 0 Å². The molecule has 1 aromatic rings. The van der Waals surface area contributed by atoms with Crippen LogP contribution in [0.15, 0.2) is 0 Å². The number of nitrogens with zero attached hydrogens (tertiary/aromatic N) is 4. The highest BCUT2D eigenvalue weighted by molar-refractivity contribution is 5.86. The van der Waals surface area contributed by atoms with Gasteiger partial charge in [-0.2, -0.15) is 15.0 Å². The molecular weight excluding hydrogens is 270 g/mol. The van der Waals surface area contributed by atoms with E-state index in [-0.39, 0.29) is 0 Å². The molecule has 2 rings (SSSR count). The monoisotopic (exact) mass is 293 g/mol. The standard InChI is InChI=1S/C13H23N7O/c1-4-15-10-16-11(19-13(2,3)9(14)21)18-12(17-10)20-7-5-6-8-20/h4-8H2,1-3H3,(H2,14,21)(H2,15,16,17,18,19). The summed E-state index contributed by atoms with van der Waals surface area (Å²) in [5.74, 6) is 1.01. The Morgan fingerprint density at radius 3 is 2.43 bits per heavy atom. The van der Waals surface area contributed by atoms with E-state index in [4.69, 9.17) is 5.73 Å². The van der Waals surface area contributed by atoms with Gasteiger partial charge < -0.3 is 21.3 Å². The summed E-state index contributed by atoms with van der Waals surface area (Å²) in [6.45, 7) is 7.95. The Morgan fingerprint density at radius 1 is 1.24 bits per heavy atom. The van der Waals surface area contributed by atoms with Gasteiger partial charge in [0.05, 0.1) is 0 Å². The van der Waals surface area contributed by atoms with Crippen molar-refractivity contribution in [2.75, 3.05) is 35.2 Å². The number of nitrogens with one attached hydrogen (secondary N) is 2. The molecule has 0 atom stereocenters. The largest absolute Gasteiger partial charge is 0.368 e. The molecule has 8 nitrogen and oxygen atoms in total. The Hall–Kier alpha value is -2.12. The fourth-order valence-corrected chi connectivity index (χ4v) is 2.06. The zero-order valence-electron chi connectivity index (χ0n) is 12.8. The number of nitrogens with two attached hydrogens (primary N) is 1. The third-order valence-electron chi connectivity index (χ3n) is 3.39. The average molecular weight is 293 g/mol. The molecule has 0 radical (unpaired) electrons. The van der Waals surface area contributed by atoms with E-state index in [1.165, 1.54) is 0 Å². The van der Waals surface area contributed by atoms with Gasteiger partial charge in [0.1, 0.15) is 5.54 Å². The summed E-state index contributed by atoms with van der Waals surface area (Å²) in [6.07, 6.45) is 2.27. The van der Waals surface area contributed by atoms with Gasteiger partial charge in [-0.1, -0.05) is 0 Å². The predicted molar refractivity (Wildman–Crippen MR) is 82.3 cm³/mol. The second-order valence-corrected chi connectivity index (χ2v) is 5.62. The third-order valence-corrected chi connectivity index (χ3v) is 3.39. The van der Waals surface area contributed by atoms with Crippen molar-refractivity contribution in [2.24, 2.45) is 5.73 Å². The van der Waals surface area contributed by atoms with E-state index in [1.54, 1.807) is 13.8 Å². The van der Waals surface area contributed by atoms with E-state index in [0.29, 0.717) is 24.4 Å². The van der Waals surface area contributed by atoms with Gasteiger partial charge in [-0.3, -0.25) is 4.79 Å². The van der Waals surface area contributed by atoms with E-state index in [0.717, 1.165) is 25.9 Å². The smallest absolute Gasteiger partial charge is 0.242 e. The first-order chi connectivity index (χ1) is 9.92. The van der Waals surface area contributed by atoms with Crippen LogP contribution in [0.2, 0.25) is 0 Å². The number of carbonyl (C=O) groups excluding carboxylic acids is 1. The summed E-state index contributed by atoms with van der Waals surface area (Å²) in [5, 5.41) is 6.06. The molecule has 0 saturated carbocycles. The Morgan fingerprint density at radius 2 is 1.86 bits per heavy atom. The van der Waals surface area contributed by atoms with Crippen LogP contribution < -0.4 is 21.3 Å². The number of anilines is 3. The predicted octanol–water partition coefficient (Wildman–Crippen LogP) is 0.579. The molecule has 2 heterocycles. The molecule has 0 spiro atoms.